The molecule has 0 aromatic heterocycles. The van der Waals surface area contributed by atoms with Crippen molar-refractivity contribution in [1.29, 1.82) is 0 Å². The topological polar surface area (TPSA) is 64.3 Å². The number of nitrogens with one attached hydrogen (secondary N) is 1. The summed E-state index contributed by atoms with van der Waals surface area (Å²) in [5, 5.41) is 2.76. The Morgan fingerprint density at radius 3 is 3.00 bits per heavy atom. The highest BCUT2D eigenvalue weighted by atomic mass is 16.6. The summed E-state index contributed by atoms with van der Waals surface area (Å²) in [4.78, 5) is 11.5. The summed E-state index contributed by atoms with van der Waals surface area (Å²) in [6.07, 6.45) is 8.95. The van der Waals surface area contributed by atoms with Crippen LogP contribution in [0.5, 0.6) is 0 Å². The van der Waals surface area contributed by atoms with Crippen LogP contribution >= 0.6 is 0 Å². The molecule has 2 atom stereocenters. The van der Waals surface area contributed by atoms with Crippen LogP contribution in [0, 0.1) is 0 Å². The van der Waals surface area contributed by atoms with Gasteiger partial charge in [0.25, 0.3) is 0 Å². The van der Waals surface area contributed by atoms with Crippen molar-refractivity contribution in [2.45, 2.75) is 37.8 Å². The maximum Gasteiger partial charge on any atom is 0.412 e. The molecule has 1 rings (SSSR count). The first-order valence-electron chi connectivity index (χ1n) is 5.85. The maximum absolute atomic E-state index is 11.5. The Hall–Kier alpha value is -1.55. The van der Waals surface area contributed by atoms with Gasteiger partial charge < -0.3 is 15.8 Å². The van der Waals surface area contributed by atoms with Crippen molar-refractivity contribution in [2.24, 2.45) is 5.73 Å². The molecule has 2 unspecified atom stereocenters. The molecule has 4 heteroatoms. The number of nitrogens with two attached hydrogens (primary N) is 1. The van der Waals surface area contributed by atoms with Crippen LogP contribution in [0.25, 0.3) is 0 Å². The van der Waals surface area contributed by atoms with E-state index in [9.17, 15) is 4.79 Å². The molecule has 1 aliphatic rings. The minimum Gasteiger partial charge on any atom is -0.411 e. The molecule has 0 spiro atoms. The third kappa shape index (κ3) is 4.87. The number of hydrogen-bond acceptors (Lipinski definition) is 3. The molecule has 1 aliphatic carbocycles. The summed E-state index contributed by atoms with van der Waals surface area (Å²) >= 11 is 0. The van der Waals surface area contributed by atoms with Crippen LogP contribution in [-0.2, 0) is 4.74 Å². The molecule has 3 N–H and O–H groups in total. The molecule has 4 nitrogen and oxygen atoms in total. The highest BCUT2D eigenvalue weighted by molar-refractivity contribution is 5.69. The van der Waals surface area contributed by atoms with E-state index in [4.69, 9.17) is 10.5 Å². The number of hydrogen-bond donors (Lipinski definition) is 2. The third-order valence-corrected chi connectivity index (χ3v) is 2.71. The van der Waals surface area contributed by atoms with Crippen LogP contribution in [-0.4, -0.2) is 18.2 Å². The molecule has 0 saturated heterocycles. The fraction of sp³-hybridized carbons (Fsp3) is 0.462. The molecule has 17 heavy (non-hydrogen) atoms. The predicted octanol–water partition coefficient (Wildman–Crippen LogP) is 2.24. The molecule has 0 fully saturated rings. The van der Waals surface area contributed by atoms with Crippen LogP contribution in [0.1, 0.15) is 25.7 Å². The van der Waals surface area contributed by atoms with E-state index in [1.54, 1.807) is 0 Å². The van der Waals surface area contributed by atoms with Gasteiger partial charge in [-0.25, -0.2) is 4.79 Å². The van der Waals surface area contributed by atoms with Gasteiger partial charge >= 0.3 is 6.09 Å². The summed E-state index contributed by atoms with van der Waals surface area (Å²) < 4.78 is 4.88. The largest absolute Gasteiger partial charge is 0.412 e. The van der Waals surface area contributed by atoms with Crippen molar-refractivity contribution < 1.29 is 9.53 Å². The number of allylic oxidation sites excluding steroid dienone is 2. The number of ether oxygens (including phenoxy) is 1. The van der Waals surface area contributed by atoms with Crippen LogP contribution in [0.4, 0.5) is 4.79 Å². The summed E-state index contributed by atoms with van der Waals surface area (Å²) in [5.74, 6) is 0.234. The summed E-state index contributed by atoms with van der Waals surface area (Å²) in [6.45, 7) is 6.97. The first-order chi connectivity index (χ1) is 8.13. The van der Waals surface area contributed by atoms with Crippen molar-refractivity contribution in [3.05, 3.63) is 37.1 Å². The minimum atomic E-state index is -0.524. The molecular weight excluding hydrogens is 216 g/mol. The zero-order valence-corrected chi connectivity index (χ0v) is 10.0. The molecule has 0 saturated carbocycles. The molecule has 0 radical (unpaired) electrons. The van der Waals surface area contributed by atoms with Gasteiger partial charge in [0.1, 0.15) is 5.76 Å². The van der Waals surface area contributed by atoms with Crippen molar-refractivity contribution in [2.75, 3.05) is 0 Å². The Morgan fingerprint density at radius 1 is 1.53 bits per heavy atom. The molecule has 0 aromatic rings. The number of carbonyl (C=O) groups excluding carboxylic acids is 1. The fourth-order valence-corrected chi connectivity index (χ4v) is 1.72. The summed E-state index contributed by atoms with van der Waals surface area (Å²) in [5.41, 5.74) is 5.96. The zero-order valence-electron chi connectivity index (χ0n) is 10.0. The van der Waals surface area contributed by atoms with Crippen molar-refractivity contribution >= 4 is 6.09 Å². The molecule has 0 heterocycles. The second-order valence-electron chi connectivity index (χ2n) is 4.10. The number of carbonyl (C=O) groups is 1. The van der Waals surface area contributed by atoms with Crippen LogP contribution in [0.15, 0.2) is 37.1 Å². The second kappa shape index (κ2) is 6.91. The van der Waals surface area contributed by atoms with E-state index < -0.39 is 6.09 Å². The van der Waals surface area contributed by atoms with Crippen LogP contribution in [0.3, 0.4) is 0 Å². The molecule has 1 amide bonds. The van der Waals surface area contributed by atoms with E-state index >= 15 is 0 Å². The number of amides is 1. The van der Waals surface area contributed by atoms with Gasteiger partial charge in [0, 0.05) is 6.04 Å². The average molecular weight is 236 g/mol. The van der Waals surface area contributed by atoms with Gasteiger partial charge in [0.2, 0.25) is 0 Å². The normalized spacial score (nSPS) is 24.3. The SMILES string of the molecule is C=CC(=C)OC(=O)NC1CCCCC=CC1N. The monoisotopic (exact) mass is 236 g/mol. The molecule has 94 valence electrons. The van der Waals surface area contributed by atoms with Crippen LogP contribution < -0.4 is 11.1 Å². The molecular formula is C13H20N2O2. The summed E-state index contributed by atoms with van der Waals surface area (Å²) in [7, 11) is 0. The Bertz CT molecular complexity index is 323. The van der Waals surface area contributed by atoms with Gasteiger partial charge in [0.05, 0.1) is 6.04 Å². The first kappa shape index (κ1) is 13.5. The second-order valence-corrected chi connectivity index (χ2v) is 4.10. The van der Waals surface area contributed by atoms with Gasteiger partial charge in [-0.3, -0.25) is 0 Å². The van der Waals surface area contributed by atoms with Gasteiger partial charge in [-0.1, -0.05) is 31.7 Å². The Morgan fingerprint density at radius 2 is 2.29 bits per heavy atom. The predicted molar refractivity (Wildman–Crippen MR) is 68.3 cm³/mol. The van der Waals surface area contributed by atoms with Gasteiger partial charge in [0.15, 0.2) is 0 Å². The first-order valence-corrected chi connectivity index (χ1v) is 5.85. The van der Waals surface area contributed by atoms with Crippen LogP contribution in [0.2, 0.25) is 0 Å². The lowest BCUT2D eigenvalue weighted by molar-refractivity contribution is 0.173. The fourth-order valence-electron chi connectivity index (χ4n) is 1.72. The van der Waals surface area contributed by atoms with Crippen molar-refractivity contribution in [1.82, 2.24) is 5.32 Å². The Labute approximate surface area is 102 Å². The third-order valence-electron chi connectivity index (χ3n) is 2.71. The van der Waals surface area contributed by atoms with E-state index in [0.717, 1.165) is 25.7 Å². The lowest BCUT2D eigenvalue weighted by atomic mass is 9.98. The van der Waals surface area contributed by atoms with E-state index in [0.29, 0.717) is 0 Å². The molecule has 0 aromatic carbocycles. The van der Waals surface area contributed by atoms with E-state index in [2.05, 4.69) is 24.6 Å². The van der Waals surface area contributed by atoms with Gasteiger partial charge in [-0.2, -0.15) is 0 Å². The smallest absolute Gasteiger partial charge is 0.411 e. The van der Waals surface area contributed by atoms with Gasteiger partial charge in [-0.05, 0) is 25.3 Å². The van der Waals surface area contributed by atoms with E-state index in [1.165, 1.54) is 6.08 Å². The highest BCUT2D eigenvalue weighted by Gasteiger charge is 2.19. The van der Waals surface area contributed by atoms with E-state index in [1.807, 2.05) is 6.08 Å². The Balaban J connectivity index is 2.49. The molecule has 0 bridgehead atoms. The zero-order chi connectivity index (χ0) is 12.7. The number of rotatable bonds is 3. The van der Waals surface area contributed by atoms with Crippen molar-refractivity contribution in [3.63, 3.8) is 0 Å². The highest BCUT2D eigenvalue weighted by Crippen LogP contribution is 2.12. The maximum atomic E-state index is 11.5. The average Bonchev–Trinajstić information content (AvgIpc) is 2.28. The van der Waals surface area contributed by atoms with Gasteiger partial charge in [-0.15, -0.1) is 0 Å². The lowest BCUT2D eigenvalue weighted by Gasteiger charge is -2.23. The lowest BCUT2D eigenvalue weighted by Crippen LogP contribution is -2.47. The Kier molecular flexibility index (Phi) is 5.49. The van der Waals surface area contributed by atoms with E-state index in [-0.39, 0.29) is 17.8 Å². The quantitative estimate of drug-likeness (QED) is 0.448. The summed E-state index contributed by atoms with van der Waals surface area (Å²) in [6, 6.07) is -0.253. The molecule has 0 aliphatic heterocycles. The standard InChI is InChI=1S/C13H20N2O2/c1-3-10(2)17-13(16)15-12-9-7-5-4-6-8-11(12)14/h3,6,8,11-12H,1-2,4-5,7,9,14H2,(H,15,16). The van der Waals surface area contributed by atoms with Crippen molar-refractivity contribution in [3.8, 4) is 0 Å². The number of alkyl carbamates (subject to hydrolysis) is 1. The minimum absolute atomic E-state index is 0.0864.